The lowest BCUT2D eigenvalue weighted by Gasteiger charge is -2.22. The number of thioether (sulfide) groups is 1. The van der Waals surface area contributed by atoms with E-state index in [-0.39, 0.29) is 22.0 Å². The molecule has 1 amide bonds. The molecule has 45 heavy (non-hydrogen) atoms. The van der Waals surface area contributed by atoms with Crippen molar-refractivity contribution in [3.05, 3.63) is 126 Å². The molecule has 1 aliphatic heterocycles. The second kappa shape index (κ2) is 12.9. The summed E-state index contributed by atoms with van der Waals surface area (Å²) < 4.78 is 25.8. The number of hydrogen-bond donors (Lipinski definition) is 1. The maximum Gasteiger partial charge on any atom is 0.301 e. The van der Waals surface area contributed by atoms with E-state index in [4.69, 9.17) is 9.47 Å². The summed E-state index contributed by atoms with van der Waals surface area (Å²) in [7, 11) is 1.32. The molecule has 1 aromatic heterocycles. The number of ether oxygens (including phenoxy) is 2. The highest BCUT2D eigenvalue weighted by Gasteiger charge is 2.48. The Morgan fingerprint density at radius 3 is 2.60 bits per heavy atom. The van der Waals surface area contributed by atoms with Crippen molar-refractivity contribution < 1.29 is 28.6 Å². The van der Waals surface area contributed by atoms with Crippen molar-refractivity contribution in [1.82, 2.24) is 10.2 Å². The first-order valence-electron chi connectivity index (χ1n) is 13.8. The Hall–Kier alpha value is -5.00. The highest BCUT2D eigenvalue weighted by Crippen LogP contribution is 2.44. The van der Waals surface area contributed by atoms with Crippen molar-refractivity contribution in [1.29, 1.82) is 0 Å². The standard InChI is InChI=1S/C34H26FN3O5S2/c1-3-17-43-24-14-11-21(12-15-24)29-28(30(39)22-13-16-27(42-2)26(35)18-22)31(40)32(41)38(29)33-36-37-34(45-33)44-19-23-9-6-8-20-7-4-5-10-25(20)23/h3-16,18,29,39H,1,17,19H2,2H3/b30-28+. The zero-order valence-corrected chi connectivity index (χ0v) is 25.6. The SMILES string of the molecule is C=CCOc1ccc(C2/C(=C(\O)c3ccc(OC)c(F)c3)C(=O)C(=O)N2c2nnc(SCc3cccc4ccccc34)s2)cc1. The van der Waals surface area contributed by atoms with Crippen LogP contribution in [0.2, 0.25) is 0 Å². The van der Waals surface area contributed by atoms with Crippen LogP contribution in [0.1, 0.15) is 22.7 Å². The number of benzene rings is 4. The van der Waals surface area contributed by atoms with Crippen LogP contribution < -0.4 is 14.4 Å². The van der Waals surface area contributed by atoms with E-state index < -0.39 is 29.3 Å². The molecule has 1 atom stereocenters. The normalized spacial score (nSPS) is 15.9. The lowest BCUT2D eigenvalue weighted by atomic mass is 9.95. The van der Waals surface area contributed by atoms with Gasteiger partial charge in [-0.05, 0) is 52.2 Å². The number of halogens is 1. The fraction of sp³-hybridized carbons (Fsp3) is 0.118. The van der Waals surface area contributed by atoms with Gasteiger partial charge in [0.2, 0.25) is 5.13 Å². The molecule has 1 aliphatic rings. The van der Waals surface area contributed by atoms with Gasteiger partial charge in [0.15, 0.2) is 15.9 Å². The van der Waals surface area contributed by atoms with E-state index in [0.717, 1.165) is 22.4 Å². The third kappa shape index (κ3) is 5.92. The van der Waals surface area contributed by atoms with Gasteiger partial charge in [-0.2, -0.15) is 0 Å². The van der Waals surface area contributed by atoms with Crippen LogP contribution >= 0.6 is 23.1 Å². The summed E-state index contributed by atoms with van der Waals surface area (Å²) in [5, 5.41) is 22.4. The van der Waals surface area contributed by atoms with Gasteiger partial charge in [0.1, 0.15) is 18.1 Å². The van der Waals surface area contributed by atoms with E-state index in [1.165, 1.54) is 47.2 Å². The zero-order chi connectivity index (χ0) is 31.5. The molecule has 0 aliphatic carbocycles. The molecule has 226 valence electrons. The van der Waals surface area contributed by atoms with Crippen LogP contribution in [0.4, 0.5) is 9.52 Å². The van der Waals surface area contributed by atoms with Crippen molar-refractivity contribution >= 4 is 56.5 Å². The van der Waals surface area contributed by atoms with Gasteiger partial charge in [0.25, 0.3) is 5.78 Å². The third-order valence-corrected chi connectivity index (χ3v) is 9.37. The van der Waals surface area contributed by atoms with E-state index in [1.54, 1.807) is 30.3 Å². The van der Waals surface area contributed by atoms with Gasteiger partial charge in [-0.15, -0.1) is 10.2 Å². The van der Waals surface area contributed by atoms with Crippen LogP contribution in [0.3, 0.4) is 0 Å². The number of anilines is 1. The molecule has 0 spiro atoms. The Bertz CT molecular complexity index is 1950. The first-order chi connectivity index (χ1) is 21.9. The number of nitrogens with zero attached hydrogens (tertiary/aromatic N) is 3. The average Bonchev–Trinajstić information content (AvgIpc) is 3.64. The maximum absolute atomic E-state index is 14.6. The molecule has 11 heteroatoms. The zero-order valence-electron chi connectivity index (χ0n) is 24.0. The van der Waals surface area contributed by atoms with E-state index >= 15 is 0 Å². The number of amides is 1. The van der Waals surface area contributed by atoms with Gasteiger partial charge in [0, 0.05) is 11.3 Å². The summed E-state index contributed by atoms with van der Waals surface area (Å²) in [6.07, 6.45) is 1.61. The van der Waals surface area contributed by atoms with Crippen molar-refractivity contribution in [3.63, 3.8) is 0 Å². The predicted octanol–water partition coefficient (Wildman–Crippen LogP) is 7.32. The van der Waals surface area contributed by atoms with Crippen LogP contribution in [-0.2, 0) is 15.3 Å². The highest BCUT2D eigenvalue weighted by atomic mass is 32.2. The van der Waals surface area contributed by atoms with E-state index in [0.29, 0.717) is 28.0 Å². The number of aliphatic hydroxyl groups is 1. The second-order valence-electron chi connectivity index (χ2n) is 9.96. The molecule has 0 saturated carbocycles. The number of hydrogen-bond acceptors (Lipinski definition) is 9. The van der Waals surface area contributed by atoms with Gasteiger partial charge in [-0.25, -0.2) is 4.39 Å². The summed E-state index contributed by atoms with van der Waals surface area (Å²) in [6, 6.07) is 23.8. The summed E-state index contributed by atoms with van der Waals surface area (Å²) in [5.74, 6) is -1.92. The number of carbonyl (C=O) groups excluding carboxylic acids is 2. The molecule has 1 saturated heterocycles. The fourth-order valence-corrected chi connectivity index (χ4v) is 7.00. The number of rotatable bonds is 10. The monoisotopic (exact) mass is 639 g/mol. The first-order valence-corrected chi connectivity index (χ1v) is 15.6. The second-order valence-corrected chi connectivity index (χ2v) is 12.1. The summed E-state index contributed by atoms with van der Waals surface area (Å²) in [4.78, 5) is 28.3. The van der Waals surface area contributed by atoms with Crippen LogP contribution in [0.15, 0.2) is 107 Å². The molecule has 2 heterocycles. The van der Waals surface area contributed by atoms with E-state index in [2.05, 4.69) is 41.0 Å². The van der Waals surface area contributed by atoms with Gasteiger partial charge >= 0.3 is 5.91 Å². The van der Waals surface area contributed by atoms with Crippen LogP contribution in [0.25, 0.3) is 16.5 Å². The first kappa shape index (κ1) is 30.0. The molecule has 4 aromatic carbocycles. The molecule has 0 bridgehead atoms. The number of fused-ring (bicyclic) bond motifs is 1. The minimum atomic E-state index is -1.06. The predicted molar refractivity (Wildman–Crippen MR) is 173 cm³/mol. The van der Waals surface area contributed by atoms with Gasteiger partial charge in [-0.3, -0.25) is 14.5 Å². The summed E-state index contributed by atoms with van der Waals surface area (Å²) >= 11 is 2.64. The molecule has 1 unspecified atom stereocenters. The number of ketones is 1. The maximum atomic E-state index is 14.6. The average molecular weight is 640 g/mol. The Balaban J connectivity index is 1.37. The highest BCUT2D eigenvalue weighted by molar-refractivity contribution is 8.00. The number of Topliss-reactive ketones (excluding diaryl/α,β-unsaturated/α-hetero) is 1. The third-order valence-electron chi connectivity index (χ3n) is 7.27. The molecular formula is C34H26FN3O5S2. The molecule has 6 rings (SSSR count). The largest absolute Gasteiger partial charge is 0.507 e. The van der Waals surface area contributed by atoms with Gasteiger partial charge < -0.3 is 14.6 Å². The van der Waals surface area contributed by atoms with E-state index in [9.17, 15) is 19.1 Å². The van der Waals surface area contributed by atoms with E-state index in [1.807, 2.05) is 18.2 Å². The Labute approximate surface area is 266 Å². The Kier molecular flexibility index (Phi) is 8.63. The van der Waals surface area contributed by atoms with Crippen molar-refractivity contribution in [2.45, 2.75) is 16.1 Å². The van der Waals surface area contributed by atoms with Gasteiger partial charge in [0.05, 0.1) is 18.7 Å². The minimum Gasteiger partial charge on any atom is -0.507 e. The number of methoxy groups -OCH3 is 1. The molecule has 0 radical (unpaired) electrons. The lowest BCUT2D eigenvalue weighted by molar-refractivity contribution is -0.132. The Morgan fingerprint density at radius 1 is 1.07 bits per heavy atom. The molecule has 8 nitrogen and oxygen atoms in total. The number of aliphatic hydroxyl groups excluding tert-OH is 1. The Morgan fingerprint density at radius 2 is 1.84 bits per heavy atom. The molecular weight excluding hydrogens is 614 g/mol. The molecule has 5 aromatic rings. The smallest absolute Gasteiger partial charge is 0.301 e. The number of carbonyl (C=O) groups is 2. The van der Waals surface area contributed by atoms with Crippen molar-refractivity contribution in [3.8, 4) is 11.5 Å². The van der Waals surface area contributed by atoms with Crippen LogP contribution in [-0.4, -0.2) is 40.7 Å². The number of aromatic nitrogens is 2. The van der Waals surface area contributed by atoms with Crippen molar-refractivity contribution in [2.75, 3.05) is 18.6 Å². The van der Waals surface area contributed by atoms with Gasteiger partial charge in [-0.1, -0.05) is 90.4 Å². The van der Waals surface area contributed by atoms with Crippen molar-refractivity contribution in [2.24, 2.45) is 0 Å². The topological polar surface area (TPSA) is 102 Å². The lowest BCUT2D eigenvalue weighted by Crippen LogP contribution is -2.29. The quantitative estimate of drug-likeness (QED) is 0.0424. The fourth-order valence-electron chi connectivity index (χ4n) is 5.13. The molecule has 1 N–H and O–H groups in total. The molecule has 1 fully saturated rings. The van der Waals surface area contributed by atoms with Crippen LogP contribution in [0.5, 0.6) is 11.5 Å². The minimum absolute atomic E-state index is 0.0193. The van der Waals surface area contributed by atoms with Crippen LogP contribution in [0, 0.1) is 5.82 Å². The summed E-state index contributed by atoms with van der Waals surface area (Å²) in [5.41, 5.74) is 1.45. The summed E-state index contributed by atoms with van der Waals surface area (Å²) in [6.45, 7) is 3.95.